The minimum Gasteiger partial charge on any atom is -0.511 e. The van der Waals surface area contributed by atoms with Crippen LogP contribution in [0, 0.1) is 11.8 Å². The Balaban J connectivity index is 1.43. The molecular weight excluding hydrogens is 726 g/mol. The lowest BCUT2D eigenvalue weighted by atomic mass is 9.86. The van der Waals surface area contributed by atoms with Crippen molar-refractivity contribution < 1.29 is 9.90 Å². The molecular formula is C43H58BrN7O2. The van der Waals surface area contributed by atoms with Gasteiger partial charge in [0.15, 0.2) is 0 Å². The van der Waals surface area contributed by atoms with E-state index < -0.39 is 0 Å². The van der Waals surface area contributed by atoms with Crippen LogP contribution < -0.4 is 5.32 Å². The number of halogens is 1. The average molecular weight is 785 g/mol. The van der Waals surface area contributed by atoms with E-state index in [9.17, 15) is 9.90 Å². The lowest BCUT2D eigenvalue weighted by Gasteiger charge is -2.26. The number of nitrogens with zero attached hydrogens (tertiary/aromatic N) is 6. The number of carbonyl (C=O) groups excluding carboxylic acids is 1. The summed E-state index contributed by atoms with van der Waals surface area (Å²) in [5.74, 6) is 0.658. The molecule has 53 heavy (non-hydrogen) atoms. The van der Waals surface area contributed by atoms with Gasteiger partial charge in [-0.15, -0.1) is 0 Å². The molecule has 10 heteroatoms. The number of carbonyl (C=O) groups is 1. The Morgan fingerprint density at radius 3 is 2.09 bits per heavy atom. The highest BCUT2D eigenvalue weighted by atomic mass is 79.9. The van der Waals surface area contributed by atoms with Crippen LogP contribution >= 0.6 is 15.9 Å². The largest absolute Gasteiger partial charge is 0.511 e. The average Bonchev–Trinajstić information content (AvgIpc) is 3.87. The summed E-state index contributed by atoms with van der Waals surface area (Å²) >= 11 is 4.06. The minimum atomic E-state index is 0.0286. The first-order valence-corrected chi connectivity index (χ1v) is 20.3. The minimum absolute atomic E-state index is 0.0286. The molecule has 0 saturated carbocycles. The zero-order valence-electron chi connectivity index (χ0n) is 33.5. The van der Waals surface area contributed by atoms with Gasteiger partial charge in [0.05, 0.1) is 38.7 Å². The Morgan fingerprint density at radius 2 is 1.47 bits per heavy atom. The SMILES string of the molecule is CCC1=C(C)C2=NC1=CC1=C(C)C3=C(O)CC(=C4NC(=C(Br)C5=NC(=C2)C(CC)=C5C)[C@@H](C)[C@@H]4CCC(=O)N(CCCN(C)C)CCCN(C)C)C3=N1. The second-order valence-electron chi connectivity index (χ2n) is 15.8. The van der Waals surface area contributed by atoms with E-state index in [-0.39, 0.29) is 17.7 Å². The number of amides is 1. The van der Waals surface area contributed by atoms with Crippen molar-refractivity contribution >= 4 is 39.0 Å². The molecule has 284 valence electrons. The number of aliphatic hydroxyl groups excluding tert-OH is 1. The predicted molar refractivity (Wildman–Crippen MR) is 222 cm³/mol. The second kappa shape index (κ2) is 16.0. The van der Waals surface area contributed by atoms with Gasteiger partial charge in [0.1, 0.15) is 5.76 Å². The first-order chi connectivity index (χ1) is 25.2. The maximum absolute atomic E-state index is 14.0. The van der Waals surface area contributed by atoms with Crippen LogP contribution in [0.2, 0.25) is 0 Å². The number of aliphatic hydroxyl groups is 1. The maximum atomic E-state index is 14.0. The molecule has 2 N–H and O–H groups in total. The molecule has 2 atom stereocenters. The zero-order valence-corrected chi connectivity index (χ0v) is 35.1. The van der Waals surface area contributed by atoms with Crippen molar-refractivity contribution in [2.45, 2.75) is 86.5 Å². The summed E-state index contributed by atoms with van der Waals surface area (Å²) in [4.78, 5) is 36.1. The third-order valence-electron chi connectivity index (χ3n) is 11.7. The molecule has 0 aromatic heterocycles. The third kappa shape index (κ3) is 7.56. The van der Waals surface area contributed by atoms with Crippen LogP contribution in [0.15, 0.2) is 105 Å². The summed E-state index contributed by atoms with van der Waals surface area (Å²) in [7, 11) is 8.33. The Hall–Kier alpha value is -3.60. The van der Waals surface area contributed by atoms with Gasteiger partial charge < -0.3 is 25.1 Å². The molecule has 8 bridgehead atoms. The van der Waals surface area contributed by atoms with Crippen molar-refractivity contribution in [3.05, 3.63) is 89.9 Å². The molecule has 0 radical (unpaired) electrons. The van der Waals surface area contributed by atoms with Crippen molar-refractivity contribution in [1.29, 1.82) is 0 Å². The van der Waals surface area contributed by atoms with Gasteiger partial charge in [-0.3, -0.25) is 4.79 Å². The van der Waals surface area contributed by atoms with E-state index in [1.807, 2.05) is 0 Å². The van der Waals surface area contributed by atoms with Crippen molar-refractivity contribution in [2.75, 3.05) is 54.4 Å². The summed E-state index contributed by atoms with van der Waals surface area (Å²) in [5.41, 5.74) is 15.1. The van der Waals surface area contributed by atoms with Gasteiger partial charge in [0.25, 0.3) is 0 Å². The van der Waals surface area contributed by atoms with E-state index in [1.165, 1.54) is 16.7 Å². The lowest BCUT2D eigenvalue weighted by Crippen LogP contribution is -2.35. The van der Waals surface area contributed by atoms with Crippen molar-refractivity contribution in [3.8, 4) is 0 Å². The summed E-state index contributed by atoms with van der Waals surface area (Å²) in [6.45, 7) is 16.4. The Morgan fingerprint density at radius 1 is 0.849 bits per heavy atom. The van der Waals surface area contributed by atoms with Crippen LogP contribution in [-0.4, -0.2) is 97.2 Å². The number of nitrogens with one attached hydrogen (secondary N) is 1. The molecule has 0 aromatic carbocycles. The fourth-order valence-electron chi connectivity index (χ4n) is 8.65. The summed E-state index contributed by atoms with van der Waals surface area (Å²) in [6.07, 6.45) is 9.40. The second-order valence-corrected chi connectivity index (χ2v) is 16.6. The van der Waals surface area contributed by atoms with E-state index >= 15 is 0 Å². The summed E-state index contributed by atoms with van der Waals surface area (Å²) < 4.78 is 0.944. The molecule has 6 rings (SSSR count). The van der Waals surface area contributed by atoms with Crippen LogP contribution in [0.25, 0.3) is 0 Å². The topological polar surface area (TPSA) is 96.1 Å². The Bertz CT molecular complexity index is 1930. The van der Waals surface area contributed by atoms with Crippen molar-refractivity contribution in [2.24, 2.45) is 26.8 Å². The van der Waals surface area contributed by atoms with Gasteiger partial charge in [-0.05, 0) is 150 Å². The fraction of sp³-hybridized carbons (Fsp3) is 0.535. The van der Waals surface area contributed by atoms with E-state index in [2.05, 4.69) is 118 Å². The molecule has 6 aliphatic rings. The molecule has 5 aliphatic heterocycles. The molecule has 5 heterocycles. The molecule has 0 spiro atoms. The Kier molecular flexibility index (Phi) is 11.8. The van der Waals surface area contributed by atoms with Crippen LogP contribution in [-0.2, 0) is 4.79 Å². The molecule has 1 fully saturated rings. The number of allylic oxidation sites excluding steroid dienone is 12. The van der Waals surface area contributed by atoms with Crippen LogP contribution in [0.1, 0.15) is 86.5 Å². The van der Waals surface area contributed by atoms with Gasteiger partial charge in [-0.25, -0.2) is 15.0 Å². The first-order valence-electron chi connectivity index (χ1n) is 19.5. The van der Waals surface area contributed by atoms with Crippen LogP contribution in [0.4, 0.5) is 0 Å². The number of hydrogen-bond acceptors (Lipinski definition) is 8. The lowest BCUT2D eigenvalue weighted by molar-refractivity contribution is -0.131. The van der Waals surface area contributed by atoms with Gasteiger partial charge in [-0.1, -0.05) is 20.8 Å². The van der Waals surface area contributed by atoms with Crippen molar-refractivity contribution in [1.82, 2.24) is 20.0 Å². The number of aliphatic imine (C=N–C) groups is 3. The smallest absolute Gasteiger partial charge is 0.222 e. The highest BCUT2D eigenvalue weighted by Crippen LogP contribution is 2.48. The standard InChI is InChI=1S/C43H58BrN7O2/c1-11-28-24(3)32-22-35-29(12-2)25(4)40(47-35)39(44)41-26(5)30(15-16-37(53)51(19-13-17-49(7)8)20-14-18-50(9)10)42(48-41)31-21-36(52)38-27(6)33(46-43(31)38)23-34(28)45-32/h22-23,26,30,48,52H,11-21H2,1-10H3/t26-,30-/m0/s1. The van der Waals surface area contributed by atoms with Gasteiger partial charge in [0, 0.05) is 60.3 Å². The normalized spacial score (nSPS) is 22.5. The van der Waals surface area contributed by atoms with Crippen LogP contribution in [0.3, 0.4) is 0 Å². The van der Waals surface area contributed by atoms with Gasteiger partial charge in [-0.2, -0.15) is 0 Å². The number of hydrogen-bond donors (Lipinski definition) is 2. The molecule has 1 saturated heterocycles. The van der Waals surface area contributed by atoms with Crippen LogP contribution in [0.5, 0.6) is 0 Å². The fourth-order valence-corrected chi connectivity index (χ4v) is 9.50. The third-order valence-corrected chi connectivity index (χ3v) is 12.5. The zero-order chi connectivity index (χ0) is 38.3. The number of rotatable bonds is 13. The molecule has 1 amide bonds. The van der Waals surface area contributed by atoms with Crippen molar-refractivity contribution in [3.63, 3.8) is 0 Å². The highest BCUT2D eigenvalue weighted by Gasteiger charge is 2.42. The predicted octanol–water partition coefficient (Wildman–Crippen LogP) is 8.30. The molecule has 9 nitrogen and oxygen atoms in total. The summed E-state index contributed by atoms with van der Waals surface area (Å²) in [5, 5.41) is 15.4. The van der Waals surface area contributed by atoms with E-state index in [0.29, 0.717) is 25.0 Å². The van der Waals surface area contributed by atoms with Gasteiger partial charge in [0.2, 0.25) is 5.91 Å². The highest BCUT2D eigenvalue weighted by molar-refractivity contribution is 9.12. The molecule has 0 aromatic rings. The molecule has 0 unspecified atom stereocenters. The quantitative estimate of drug-likeness (QED) is 0.196. The Labute approximate surface area is 325 Å². The maximum Gasteiger partial charge on any atom is 0.222 e. The van der Waals surface area contributed by atoms with E-state index in [4.69, 9.17) is 15.0 Å². The van der Waals surface area contributed by atoms with E-state index in [1.54, 1.807) is 0 Å². The monoisotopic (exact) mass is 783 g/mol. The summed E-state index contributed by atoms with van der Waals surface area (Å²) in [6, 6.07) is 0. The first kappa shape index (κ1) is 39.1. The van der Waals surface area contributed by atoms with E-state index in [0.717, 1.165) is 124 Å². The molecule has 1 aliphatic carbocycles. The van der Waals surface area contributed by atoms with Gasteiger partial charge >= 0.3 is 0 Å². The number of fused-ring (bicyclic) bond motifs is 5.